The van der Waals surface area contributed by atoms with Crippen molar-refractivity contribution in [3.8, 4) is 0 Å². The van der Waals surface area contributed by atoms with Gasteiger partial charge in [-0.05, 0) is 37.0 Å². The second kappa shape index (κ2) is 3.47. The number of hydrogen-bond acceptors (Lipinski definition) is 3. The number of amides is 1. The summed E-state index contributed by atoms with van der Waals surface area (Å²) in [5.41, 5.74) is 0. The highest BCUT2D eigenvalue weighted by molar-refractivity contribution is 7.89. The van der Waals surface area contributed by atoms with E-state index in [4.69, 9.17) is 0 Å². The summed E-state index contributed by atoms with van der Waals surface area (Å²) in [6, 6.07) is 0. The van der Waals surface area contributed by atoms with Crippen LogP contribution in [0.5, 0.6) is 0 Å². The van der Waals surface area contributed by atoms with Gasteiger partial charge in [0.25, 0.3) is 0 Å². The molecule has 0 unspecified atom stereocenters. The molecule has 3 fully saturated rings. The van der Waals surface area contributed by atoms with Crippen LogP contribution in [0.3, 0.4) is 0 Å². The van der Waals surface area contributed by atoms with Gasteiger partial charge in [0.1, 0.15) is 0 Å². The SMILES string of the molecule is C[C@@H]1C[C@H](C(=O)NS(C)(=O)=O)C2CC1C2. The van der Waals surface area contributed by atoms with Gasteiger partial charge in [-0.3, -0.25) is 9.52 Å². The minimum atomic E-state index is -3.40. The second-order valence-electron chi connectivity index (χ2n) is 5.05. The Balaban J connectivity index is 2.01. The molecule has 2 bridgehead atoms. The van der Waals surface area contributed by atoms with Crippen molar-refractivity contribution in [2.45, 2.75) is 26.2 Å². The van der Waals surface area contributed by atoms with Gasteiger partial charge in [-0.2, -0.15) is 0 Å². The van der Waals surface area contributed by atoms with E-state index in [1.807, 2.05) is 0 Å². The summed E-state index contributed by atoms with van der Waals surface area (Å²) in [7, 11) is -3.40. The predicted molar refractivity (Wildman–Crippen MR) is 56.5 cm³/mol. The lowest BCUT2D eigenvalue weighted by atomic mass is 9.56. The molecule has 2 atom stereocenters. The number of hydrogen-bond donors (Lipinski definition) is 1. The van der Waals surface area contributed by atoms with E-state index in [0.29, 0.717) is 11.8 Å². The summed E-state index contributed by atoms with van der Waals surface area (Å²) in [6.45, 7) is 2.15. The van der Waals surface area contributed by atoms with Crippen molar-refractivity contribution in [2.75, 3.05) is 6.26 Å². The van der Waals surface area contributed by atoms with Crippen molar-refractivity contribution < 1.29 is 13.2 Å². The first-order valence-corrected chi connectivity index (χ1v) is 7.27. The molecule has 3 aliphatic carbocycles. The average molecular weight is 231 g/mol. The molecule has 0 saturated heterocycles. The summed E-state index contributed by atoms with van der Waals surface area (Å²) in [5, 5.41) is 0. The van der Waals surface area contributed by atoms with Gasteiger partial charge >= 0.3 is 0 Å². The van der Waals surface area contributed by atoms with E-state index >= 15 is 0 Å². The Morgan fingerprint density at radius 3 is 2.27 bits per heavy atom. The van der Waals surface area contributed by atoms with Crippen LogP contribution in [0.2, 0.25) is 0 Å². The zero-order valence-electron chi connectivity index (χ0n) is 9.06. The van der Waals surface area contributed by atoms with Crippen molar-refractivity contribution in [3.05, 3.63) is 0 Å². The van der Waals surface area contributed by atoms with Gasteiger partial charge < -0.3 is 0 Å². The Morgan fingerprint density at radius 1 is 1.20 bits per heavy atom. The average Bonchev–Trinajstić information content (AvgIpc) is 1.97. The normalized spacial score (nSPS) is 39.3. The first kappa shape index (κ1) is 10.9. The fourth-order valence-electron chi connectivity index (χ4n) is 2.87. The number of sulfonamides is 1. The summed E-state index contributed by atoms with van der Waals surface area (Å²) in [4.78, 5) is 11.7. The molecule has 15 heavy (non-hydrogen) atoms. The van der Waals surface area contributed by atoms with Crippen LogP contribution < -0.4 is 4.72 Å². The van der Waals surface area contributed by atoms with Gasteiger partial charge in [0.05, 0.1) is 6.26 Å². The molecule has 1 N–H and O–H groups in total. The van der Waals surface area contributed by atoms with Crippen LogP contribution in [0.15, 0.2) is 0 Å². The van der Waals surface area contributed by atoms with Gasteiger partial charge in [-0.15, -0.1) is 0 Å². The summed E-state index contributed by atoms with van der Waals surface area (Å²) in [5.74, 6) is 1.38. The lowest BCUT2D eigenvalue weighted by Gasteiger charge is -2.49. The summed E-state index contributed by atoms with van der Waals surface area (Å²) in [6.07, 6.45) is 4.07. The Hall–Kier alpha value is -0.580. The Labute approximate surface area is 90.5 Å². The monoisotopic (exact) mass is 231 g/mol. The molecule has 1 amide bonds. The third-order valence-electron chi connectivity index (χ3n) is 3.83. The van der Waals surface area contributed by atoms with Gasteiger partial charge in [0.15, 0.2) is 0 Å². The fourth-order valence-corrected chi connectivity index (χ4v) is 3.38. The van der Waals surface area contributed by atoms with E-state index in [9.17, 15) is 13.2 Å². The highest BCUT2D eigenvalue weighted by Crippen LogP contribution is 2.51. The maximum absolute atomic E-state index is 11.7. The number of nitrogens with one attached hydrogen (secondary N) is 1. The van der Waals surface area contributed by atoms with Crippen LogP contribution >= 0.6 is 0 Å². The smallest absolute Gasteiger partial charge is 0.236 e. The highest BCUT2D eigenvalue weighted by Gasteiger charge is 2.47. The first-order chi connectivity index (χ1) is 6.87. The Morgan fingerprint density at radius 2 is 1.80 bits per heavy atom. The maximum Gasteiger partial charge on any atom is 0.236 e. The van der Waals surface area contributed by atoms with Crippen molar-refractivity contribution in [1.82, 2.24) is 4.72 Å². The van der Waals surface area contributed by atoms with Crippen LogP contribution in [0.4, 0.5) is 0 Å². The van der Waals surface area contributed by atoms with Gasteiger partial charge in [-0.25, -0.2) is 8.42 Å². The van der Waals surface area contributed by atoms with E-state index in [0.717, 1.165) is 31.4 Å². The van der Waals surface area contributed by atoms with Gasteiger partial charge in [-0.1, -0.05) is 6.92 Å². The van der Waals surface area contributed by atoms with Crippen molar-refractivity contribution in [3.63, 3.8) is 0 Å². The molecule has 0 radical (unpaired) electrons. The second-order valence-corrected chi connectivity index (χ2v) is 6.80. The third-order valence-corrected chi connectivity index (χ3v) is 4.41. The molecule has 0 heterocycles. The van der Waals surface area contributed by atoms with Crippen molar-refractivity contribution in [1.29, 1.82) is 0 Å². The molecular formula is C10H17NO3S. The summed E-state index contributed by atoms with van der Waals surface area (Å²) < 4.78 is 24.0. The van der Waals surface area contributed by atoms with Gasteiger partial charge in [0, 0.05) is 5.92 Å². The van der Waals surface area contributed by atoms with E-state index < -0.39 is 10.0 Å². The zero-order valence-corrected chi connectivity index (χ0v) is 9.88. The largest absolute Gasteiger partial charge is 0.274 e. The topological polar surface area (TPSA) is 63.2 Å². The van der Waals surface area contributed by atoms with E-state index in [-0.39, 0.29) is 11.8 Å². The minimum Gasteiger partial charge on any atom is -0.274 e. The number of rotatable bonds is 2. The molecule has 0 aliphatic heterocycles. The summed E-state index contributed by atoms with van der Waals surface area (Å²) >= 11 is 0. The molecule has 0 aromatic heterocycles. The van der Waals surface area contributed by atoms with Crippen LogP contribution in [0.25, 0.3) is 0 Å². The van der Waals surface area contributed by atoms with Gasteiger partial charge in [0.2, 0.25) is 15.9 Å². The molecule has 3 rings (SSSR count). The zero-order chi connectivity index (χ0) is 11.2. The van der Waals surface area contributed by atoms with Crippen molar-refractivity contribution in [2.24, 2.45) is 23.7 Å². The van der Waals surface area contributed by atoms with Crippen LogP contribution in [0, 0.1) is 23.7 Å². The van der Waals surface area contributed by atoms with Crippen LogP contribution in [-0.2, 0) is 14.8 Å². The van der Waals surface area contributed by atoms with E-state index in [2.05, 4.69) is 11.6 Å². The van der Waals surface area contributed by atoms with Crippen LogP contribution in [-0.4, -0.2) is 20.6 Å². The third kappa shape index (κ3) is 2.17. The molecule has 0 aromatic rings. The van der Waals surface area contributed by atoms with E-state index in [1.165, 1.54) is 0 Å². The fraction of sp³-hybridized carbons (Fsp3) is 0.900. The molecule has 0 spiro atoms. The number of carbonyl (C=O) groups excluding carboxylic acids is 1. The van der Waals surface area contributed by atoms with Crippen LogP contribution in [0.1, 0.15) is 26.2 Å². The molecule has 3 saturated carbocycles. The quantitative estimate of drug-likeness (QED) is 0.762. The van der Waals surface area contributed by atoms with E-state index in [1.54, 1.807) is 0 Å². The number of carbonyl (C=O) groups is 1. The Bertz CT molecular complexity index is 370. The molecule has 4 nitrogen and oxygen atoms in total. The maximum atomic E-state index is 11.7. The van der Waals surface area contributed by atoms with Crippen molar-refractivity contribution >= 4 is 15.9 Å². The molecule has 86 valence electrons. The lowest BCUT2D eigenvalue weighted by molar-refractivity contribution is -0.132. The highest BCUT2D eigenvalue weighted by atomic mass is 32.2. The molecular weight excluding hydrogens is 214 g/mol. The number of fused-ring (bicyclic) bond motifs is 2. The molecule has 5 heteroatoms. The standard InChI is InChI=1S/C10H17NO3S/c1-6-3-9(8-4-7(6)5-8)10(12)11-15(2,13)14/h6-9H,3-5H2,1-2H3,(H,11,12)/t6-,7?,8?,9+/m1/s1. The predicted octanol–water partition coefficient (Wildman–Crippen LogP) is 0.744. The minimum absolute atomic E-state index is 0.0836. The molecule has 0 aromatic carbocycles. The Kier molecular flexibility index (Phi) is 2.53. The molecule has 3 aliphatic rings. The first-order valence-electron chi connectivity index (χ1n) is 5.38. The lowest BCUT2D eigenvalue weighted by Crippen LogP contribution is -2.48.